The van der Waals surface area contributed by atoms with E-state index in [0.717, 1.165) is 80.3 Å². The number of benzene rings is 5. The van der Waals surface area contributed by atoms with Crippen molar-refractivity contribution in [2.45, 2.75) is 28.8 Å². The van der Waals surface area contributed by atoms with Gasteiger partial charge in [-0.25, -0.2) is 18.4 Å². The number of nitro groups is 1. The SMILES string of the molecule is COc1ccc(SC[C@@H](CCN2CCOCC2)Nc2ccc(S(=O)(=O)Nc3ncnc4cc(N5CCN(Cc6ccccc6-c6ccc(Cl)cc6)CC5)ccc34)cc2[N+](=O)[O-])cc1. The van der Waals surface area contributed by atoms with E-state index >= 15 is 0 Å². The number of nitrogens with zero attached hydrogens (tertiary/aromatic N) is 6. The highest BCUT2D eigenvalue weighted by Gasteiger charge is 2.26. The number of nitro benzene ring substituents is 1. The second-order valence-electron chi connectivity index (χ2n) is 15.5. The minimum absolute atomic E-state index is 0.0827. The molecule has 0 bridgehead atoms. The van der Waals surface area contributed by atoms with Crippen LogP contribution in [0.25, 0.3) is 22.0 Å². The van der Waals surface area contributed by atoms with Crippen molar-refractivity contribution in [3.8, 4) is 16.9 Å². The van der Waals surface area contributed by atoms with Crippen LogP contribution in [0.5, 0.6) is 5.75 Å². The summed E-state index contributed by atoms with van der Waals surface area (Å²) in [5, 5.41) is 17.1. The first kappa shape index (κ1) is 44.1. The van der Waals surface area contributed by atoms with E-state index < -0.39 is 14.9 Å². The van der Waals surface area contributed by atoms with E-state index in [1.54, 1.807) is 18.9 Å². The van der Waals surface area contributed by atoms with Gasteiger partial charge < -0.3 is 19.7 Å². The van der Waals surface area contributed by atoms with E-state index in [4.69, 9.17) is 21.1 Å². The van der Waals surface area contributed by atoms with Gasteiger partial charge >= 0.3 is 0 Å². The summed E-state index contributed by atoms with van der Waals surface area (Å²) in [4.78, 5) is 28.5. The number of hydrogen-bond acceptors (Lipinski definition) is 13. The summed E-state index contributed by atoms with van der Waals surface area (Å²) >= 11 is 7.78. The van der Waals surface area contributed by atoms with Gasteiger partial charge in [0, 0.05) is 91.2 Å². The second kappa shape index (κ2) is 20.3. The van der Waals surface area contributed by atoms with Crippen LogP contribution in [0.2, 0.25) is 5.02 Å². The average molecular weight is 910 g/mol. The zero-order chi connectivity index (χ0) is 43.8. The first-order chi connectivity index (χ1) is 30.6. The zero-order valence-corrected chi connectivity index (χ0v) is 37.2. The number of fused-ring (bicyclic) bond motifs is 1. The van der Waals surface area contributed by atoms with Gasteiger partial charge in [0.1, 0.15) is 17.8 Å². The Morgan fingerprint density at radius 3 is 2.40 bits per heavy atom. The number of methoxy groups -OCH3 is 1. The van der Waals surface area contributed by atoms with Crippen molar-refractivity contribution >= 4 is 67.2 Å². The van der Waals surface area contributed by atoms with Crippen LogP contribution in [-0.4, -0.2) is 111 Å². The Morgan fingerprint density at radius 2 is 1.65 bits per heavy atom. The van der Waals surface area contributed by atoms with Crippen LogP contribution in [0.15, 0.2) is 125 Å². The molecule has 6 aromatic rings. The van der Waals surface area contributed by atoms with Gasteiger partial charge in [0.25, 0.3) is 15.7 Å². The predicted octanol–water partition coefficient (Wildman–Crippen LogP) is 8.29. The molecule has 2 fully saturated rings. The summed E-state index contributed by atoms with van der Waals surface area (Å²) in [7, 11) is -2.67. The fourth-order valence-electron chi connectivity index (χ4n) is 7.88. The number of anilines is 3. The Kier molecular flexibility index (Phi) is 14.3. The summed E-state index contributed by atoms with van der Waals surface area (Å²) in [6, 6.07) is 33.6. The van der Waals surface area contributed by atoms with Gasteiger partial charge in [-0.2, -0.15) is 0 Å². The molecule has 0 saturated carbocycles. The van der Waals surface area contributed by atoms with Crippen LogP contribution < -0.4 is 19.7 Å². The van der Waals surface area contributed by atoms with Crippen LogP contribution >= 0.6 is 23.4 Å². The third kappa shape index (κ3) is 11.2. The molecule has 1 atom stereocenters. The Balaban J connectivity index is 0.934. The van der Waals surface area contributed by atoms with E-state index in [2.05, 4.69) is 71.1 Å². The van der Waals surface area contributed by atoms with Crippen LogP contribution in [0, 0.1) is 10.1 Å². The van der Waals surface area contributed by atoms with Gasteiger partial charge in [-0.15, -0.1) is 11.8 Å². The molecule has 14 nitrogen and oxygen atoms in total. The quantitative estimate of drug-likeness (QED) is 0.0513. The van der Waals surface area contributed by atoms with Crippen molar-refractivity contribution in [1.82, 2.24) is 19.8 Å². The van der Waals surface area contributed by atoms with Crippen molar-refractivity contribution in [2.24, 2.45) is 0 Å². The van der Waals surface area contributed by atoms with Gasteiger partial charge in [-0.05, 0) is 89.8 Å². The van der Waals surface area contributed by atoms with E-state index in [1.807, 2.05) is 54.6 Å². The molecule has 1 aromatic heterocycles. The third-order valence-electron chi connectivity index (χ3n) is 11.4. The fourth-order valence-corrected chi connectivity index (χ4v) is 10.0. The monoisotopic (exact) mass is 908 g/mol. The number of piperazine rings is 1. The highest BCUT2D eigenvalue weighted by atomic mass is 35.5. The number of nitrogens with one attached hydrogen (secondary N) is 2. The molecule has 2 aliphatic rings. The molecule has 0 amide bonds. The Labute approximate surface area is 376 Å². The van der Waals surface area contributed by atoms with Crippen LogP contribution in [0.1, 0.15) is 12.0 Å². The summed E-state index contributed by atoms with van der Waals surface area (Å²) in [5.41, 5.74) is 5.03. The van der Waals surface area contributed by atoms with E-state index in [1.165, 1.54) is 29.6 Å². The summed E-state index contributed by atoms with van der Waals surface area (Å²) < 4.78 is 41.1. The zero-order valence-electron chi connectivity index (χ0n) is 34.9. The van der Waals surface area contributed by atoms with Gasteiger partial charge in [-0.3, -0.25) is 24.6 Å². The van der Waals surface area contributed by atoms with Crippen molar-refractivity contribution in [3.63, 3.8) is 0 Å². The molecule has 8 rings (SSSR count). The maximum Gasteiger partial charge on any atom is 0.293 e. The van der Waals surface area contributed by atoms with Crippen LogP contribution in [0.3, 0.4) is 0 Å². The Morgan fingerprint density at radius 1 is 0.889 bits per heavy atom. The van der Waals surface area contributed by atoms with Crippen molar-refractivity contribution < 1.29 is 22.8 Å². The summed E-state index contributed by atoms with van der Waals surface area (Å²) in [5.74, 6) is 1.46. The number of halogens is 1. The molecule has 63 heavy (non-hydrogen) atoms. The molecule has 2 saturated heterocycles. The van der Waals surface area contributed by atoms with Crippen molar-refractivity contribution in [2.75, 3.05) is 86.8 Å². The highest BCUT2D eigenvalue weighted by Crippen LogP contribution is 2.33. The van der Waals surface area contributed by atoms with E-state index in [9.17, 15) is 18.5 Å². The molecule has 5 aromatic carbocycles. The molecule has 0 aliphatic carbocycles. The number of sulfonamides is 1. The predicted molar refractivity (Wildman–Crippen MR) is 251 cm³/mol. The number of morpholine rings is 1. The lowest BCUT2D eigenvalue weighted by molar-refractivity contribution is -0.384. The van der Waals surface area contributed by atoms with Crippen molar-refractivity contribution in [1.29, 1.82) is 0 Å². The van der Waals surface area contributed by atoms with Gasteiger partial charge in [0.05, 0.1) is 35.7 Å². The highest BCUT2D eigenvalue weighted by molar-refractivity contribution is 7.99. The number of hydrogen-bond donors (Lipinski definition) is 2. The molecule has 17 heteroatoms. The molecule has 2 aliphatic heterocycles. The van der Waals surface area contributed by atoms with Gasteiger partial charge in [0.15, 0.2) is 5.82 Å². The van der Waals surface area contributed by atoms with Gasteiger partial charge in [-0.1, -0.05) is 48.0 Å². The maximum atomic E-state index is 13.9. The Bertz CT molecular complexity index is 2630. The number of thioether (sulfide) groups is 1. The lowest BCUT2D eigenvalue weighted by Crippen LogP contribution is -2.46. The lowest BCUT2D eigenvalue weighted by Gasteiger charge is -2.36. The minimum atomic E-state index is -4.30. The molecular formula is C46H49ClN8O6S2. The van der Waals surface area contributed by atoms with Crippen molar-refractivity contribution in [3.05, 3.63) is 136 Å². The summed E-state index contributed by atoms with van der Waals surface area (Å²) in [6.45, 7) is 7.91. The minimum Gasteiger partial charge on any atom is -0.497 e. The molecule has 3 heterocycles. The summed E-state index contributed by atoms with van der Waals surface area (Å²) in [6.07, 6.45) is 2.03. The molecular weight excluding hydrogens is 860 g/mol. The first-order valence-corrected chi connectivity index (χ1v) is 23.7. The average Bonchev–Trinajstić information content (AvgIpc) is 3.31. The lowest BCUT2D eigenvalue weighted by atomic mass is 9.99. The molecule has 0 radical (unpaired) electrons. The largest absolute Gasteiger partial charge is 0.497 e. The standard InChI is InChI=1S/C46H49ClN8O6S2/c1-60-38-11-13-39(14-12-38)62-31-36(18-19-52-24-26-61-27-25-52)50-43-17-15-40(29-45(43)55(56)57)63(58,59)51-46-42-16-10-37(28-44(42)48-32-49-46)54-22-20-53(21-23-54)30-34-4-2-3-5-41(34)33-6-8-35(47)9-7-33/h2-17,28-29,32,36,50H,18-27,30-31H2,1H3,(H,48,49,51)/t36-/m1/s1. The second-order valence-corrected chi connectivity index (χ2v) is 18.7. The van der Waals surface area contributed by atoms with Crippen LogP contribution in [-0.2, 0) is 21.3 Å². The normalized spacial score (nSPS) is 15.6. The maximum absolute atomic E-state index is 13.9. The number of rotatable bonds is 17. The molecule has 328 valence electrons. The Hall–Kier alpha value is -5.49. The number of ether oxygens (including phenoxy) is 2. The molecule has 2 N–H and O–H groups in total. The fraction of sp³-hybridized carbons (Fsp3) is 0.304. The smallest absolute Gasteiger partial charge is 0.293 e. The molecule has 0 unspecified atom stereocenters. The van der Waals surface area contributed by atoms with Gasteiger partial charge in [0.2, 0.25) is 0 Å². The van der Waals surface area contributed by atoms with E-state index in [0.29, 0.717) is 41.3 Å². The van der Waals surface area contributed by atoms with Crippen LogP contribution in [0.4, 0.5) is 22.9 Å². The third-order valence-corrected chi connectivity index (χ3v) is 14.2. The topological polar surface area (TPSA) is 155 Å². The molecule has 0 spiro atoms. The first-order valence-electron chi connectivity index (χ1n) is 20.8. The number of aromatic nitrogens is 2. The van der Waals surface area contributed by atoms with E-state index in [-0.39, 0.29) is 28.1 Å².